The molecule has 0 aliphatic rings. The molecule has 0 bridgehead atoms. The number of hydrogen-bond acceptors (Lipinski definition) is 8. The molecule has 4 amide bonds. The zero-order chi connectivity index (χ0) is 25.7. The van der Waals surface area contributed by atoms with Crippen LogP contribution in [-0.4, -0.2) is 83.1 Å². The molecule has 0 aromatic rings. The predicted octanol–water partition coefficient (Wildman–Crippen LogP) is -4.57. The molecule has 33 heavy (non-hydrogen) atoms. The summed E-state index contributed by atoms with van der Waals surface area (Å²) in [4.78, 5) is 64.0. The Morgan fingerprint density at radius 2 is 1.45 bits per heavy atom. The van der Waals surface area contributed by atoms with Crippen molar-refractivity contribution in [1.29, 1.82) is 0 Å². The van der Waals surface area contributed by atoms with Gasteiger partial charge >= 0.3 is 5.97 Å². The lowest BCUT2D eigenvalue weighted by atomic mass is 10.0. The maximum Gasteiger partial charge on any atom is 0.326 e. The number of aliphatic imine (C=N–C) groups is 1. The van der Waals surface area contributed by atoms with Gasteiger partial charge in [0, 0.05) is 6.54 Å². The molecule has 4 unspecified atom stereocenters. The molecule has 0 spiro atoms. The Morgan fingerprint density at radius 3 is 1.91 bits per heavy atom. The van der Waals surface area contributed by atoms with Crippen molar-refractivity contribution < 1.29 is 34.2 Å². The molecule has 0 aliphatic heterocycles. The maximum absolute atomic E-state index is 12.8. The van der Waals surface area contributed by atoms with E-state index in [0.717, 1.165) is 0 Å². The molecule has 13 N–H and O–H groups in total. The summed E-state index contributed by atoms with van der Waals surface area (Å²) in [7, 11) is 0. The Morgan fingerprint density at radius 1 is 0.909 bits per heavy atom. The average Bonchev–Trinajstić information content (AvgIpc) is 2.71. The summed E-state index contributed by atoms with van der Waals surface area (Å²) in [6.07, 6.45) is -0.361. The summed E-state index contributed by atoms with van der Waals surface area (Å²) < 4.78 is 0. The molecule has 0 heterocycles. The minimum absolute atomic E-state index is 0.0150. The summed E-state index contributed by atoms with van der Waals surface area (Å²) >= 11 is 0. The molecule has 0 radical (unpaired) electrons. The Kier molecular flexibility index (Phi) is 13.0. The van der Waals surface area contributed by atoms with Gasteiger partial charge in [-0.25, -0.2) is 4.79 Å². The van der Waals surface area contributed by atoms with Gasteiger partial charge in [-0.3, -0.25) is 24.2 Å². The molecule has 15 nitrogen and oxygen atoms in total. The number of hydrogen-bond donors (Lipinski definition) is 9. The van der Waals surface area contributed by atoms with E-state index in [-0.39, 0.29) is 25.3 Å². The van der Waals surface area contributed by atoms with Crippen molar-refractivity contribution in [3.8, 4) is 0 Å². The number of nitrogens with two attached hydrogens (primary N) is 4. The maximum atomic E-state index is 12.8. The van der Waals surface area contributed by atoms with Crippen LogP contribution in [0.2, 0.25) is 0 Å². The molecule has 0 aliphatic carbocycles. The molecule has 188 valence electrons. The number of aliphatic hydroxyl groups is 1. The molecule has 0 saturated carbocycles. The number of nitrogens with zero attached hydrogens (tertiary/aromatic N) is 1. The van der Waals surface area contributed by atoms with Crippen LogP contribution in [0.15, 0.2) is 4.99 Å². The fourth-order valence-corrected chi connectivity index (χ4v) is 2.58. The van der Waals surface area contributed by atoms with Crippen molar-refractivity contribution in [2.24, 2.45) is 33.8 Å². The normalized spacial score (nSPS) is 14.3. The highest BCUT2D eigenvalue weighted by atomic mass is 16.4. The highest BCUT2D eigenvalue weighted by Gasteiger charge is 2.32. The van der Waals surface area contributed by atoms with Gasteiger partial charge in [0.1, 0.15) is 24.2 Å². The van der Waals surface area contributed by atoms with E-state index >= 15 is 0 Å². The van der Waals surface area contributed by atoms with Gasteiger partial charge in [-0.15, -0.1) is 0 Å². The molecular weight excluding hydrogens is 440 g/mol. The number of primary amides is 1. The van der Waals surface area contributed by atoms with Gasteiger partial charge in [0.05, 0.1) is 13.0 Å². The number of carboxylic acid groups (broad SMARTS) is 1. The fourth-order valence-electron chi connectivity index (χ4n) is 2.58. The van der Waals surface area contributed by atoms with Gasteiger partial charge in [0.2, 0.25) is 23.6 Å². The van der Waals surface area contributed by atoms with E-state index in [1.807, 2.05) is 0 Å². The van der Waals surface area contributed by atoms with Gasteiger partial charge in [-0.1, -0.05) is 13.8 Å². The summed E-state index contributed by atoms with van der Waals surface area (Å²) in [6, 6.07) is -5.31. The number of aliphatic carboxylic acids is 1. The highest BCUT2D eigenvalue weighted by molar-refractivity contribution is 5.96. The van der Waals surface area contributed by atoms with Crippen LogP contribution in [0, 0.1) is 5.92 Å². The molecular formula is C18H34N8O7. The highest BCUT2D eigenvalue weighted by Crippen LogP contribution is 2.05. The van der Waals surface area contributed by atoms with Crippen LogP contribution in [0.3, 0.4) is 0 Å². The van der Waals surface area contributed by atoms with E-state index < -0.39 is 72.7 Å². The number of carbonyl (C=O) groups excluding carboxylic acids is 4. The van der Waals surface area contributed by atoms with Crippen LogP contribution >= 0.6 is 0 Å². The SMILES string of the molecule is CC(C)C(NC(=O)C(CC(N)=O)NC(=O)C(CCCN=C(N)N)NC(=O)C(N)CO)C(=O)O. The third kappa shape index (κ3) is 11.6. The second kappa shape index (κ2) is 14.6. The first-order valence-corrected chi connectivity index (χ1v) is 10.1. The molecule has 15 heteroatoms. The van der Waals surface area contributed by atoms with Crippen LogP contribution < -0.4 is 38.9 Å². The van der Waals surface area contributed by atoms with Crippen LogP contribution in [0.5, 0.6) is 0 Å². The van der Waals surface area contributed by atoms with Crippen LogP contribution in [-0.2, 0) is 24.0 Å². The van der Waals surface area contributed by atoms with Crippen molar-refractivity contribution in [2.45, 2.75) is 57.3 Å². The first kappa shape index (κ1) is 29.5. The van der Waals surface area contributed by atoms with E-state index in [0.29, 0.717) is 0 Å². The lowest BCUT2D eigenvalue weighted by Gasteiger charge is -2.25. The summed E-state index contributed by atoms with van der Waals surface area (Å²) in [5, 5.41) is 25.2. The second-order valence-corrected chi connectivity index (χ2v) is 7.60. The number of rotatable bonds is 15. The molecule has 0 rings (SSSR count). The topological polar surface area (TPSA) is 278 Å². The number of carboxylic acids is 1. The van der Waals surface area contributed by atoms with E-state index in [2.05, 4.69) is 20.9 Å². The third-order valence-electron chi connectivity index (χ3n) is 4.38. The quantitative estimate of drug-likeness (QED) is 0.0622. The van der Waals surface area contributed by atoms with Crippen molar-refractivity contribution >= 4 is 35.6 Å². The number of guanidine groups is 1. The number of aliphatic hydroxyl groups excluding tert-OH is 1. The summed E-state index contributed by atoms with van der Waals surface area (Å²) in [5.41, 5.74) is 21.1. The van der Waals surface area contributed by atoms with E-state index in [1.54, 1.807) is 13.8 Å². The van der Waals surface area contributed by atoms with Gasteiger partial charge in [0.25, 0.3) is 0 Å². The Hall–Kier alpha value is -3.46. The first-order chi connectivity index (χ1) is 15.3. The lowest BCUT2D eigenvalue weighted by molar-refractivity contribution is -0.143. The van der Waals surface area contributed by atoms with Gasteiger partial charge < -0.3 is 49.1 Å². The lowest BCUT2D eigenvalue weighted by Crippen LogP contribution is -2.58. The number of amides is 4. The molecule has 0 aromatic heterocycles. The number of nitrogens with one attached hydrogen (secondary N) is 3. The number of carbonyl (C=O) groups is 5. The Bertz CT molecular complexity index is 739. The smallest absolute Gasteiger partial charge is 0.326 e. The van der Waals surface area contributed by atoms with Crippen molar-refractivity contribution in [3.05, 3.63) is 0 Å². The minimum atomic E-state index is -1.50. The Labute approximate surface area is 190 Å². The molecule has 0 fully saturated rings. The minimum Gasteiger partial charge on any atom is -0.480 e. The van der Waals surface area contributed by atoms with E-state index in [4.69, 9.17) is 28.0 Å². The monoisotopic (exact) mass is 474 g/mol. The van der Waals surface area contributed by atoms with Crippen LogP contribution in [0.4, 0.5) is 0 Å². The van der Waals surface area contributed by atoms with Crippen molar-refractivity contribution in [2.75, 3.05) is 13.2 Å². The van der Waals surface area contributed by atoms with Crippen LogP contribution in [0.1, 0.15) is 33.1 Å². The standard InChI is InChI=1S/C18H34N8O7/c1-8(2)13(17(32)33)26-16(31)11(6-12(20)28)25-15(30)10(4-3-5-23-18(21)22)24-14(29)9(19)7-27/h8-11,13,27H,3-7,19H2,1-2H3,(H2,20,28)(H,24,29)(H,25,30)(H,26,31)(H,32,33)(H4,21,22,23). The van der Waals surface area contributed by atoms with Crippen molar-refractivity contribution in [1.82, 2.24) is 16.0 Å². The second-order valence-electron chi connectivity index (χ2n) is 7.60. The molecule has 0 aromatic carbocycles. The zero-order valence-electron chi connectivity index (χ0n) is 18.6. The zero-order valence-corrected chi connectivity index (χ0v) is 18.6. The molecule has 4 atom stereocenters. The van der Waals surface area contributed by atoms with E-state index in [9.17, 15) is 29.1 Å². The van der Waals surface area contributed by atoms with Crippen LogP contribution in [0.25, 0.3) is 0 Å². The van der Waals surface area contributed by atoms with Gasteiger partial charge in [-0.05, 0) is 18.8 Å². The van der Waals surface area contributed by atoms with E-state index in [1.165, 1.54) is 0 Å². The van der Waals surface area contributed by atoms with Crippen molar-refractivity contribution in [3.63, 3.8) is 0 Å². The summed E-state index contributed by atoms with van der Waals surface area (Å²) in [5.74, 6) is -5.52. The van der Waals surface area contributed by atoms with Gasteiger partial charge in [-0.2, -0.15) is 0 Å². The third-order valence-corrected chi connectivity index (χ3v) is 4.38. The fraction of sp³-hybridized carbons (Fsp3) is 0.667. The average molecular weight is 475 g/mol. The molecule has 0 saturated heterocycles. The largest absolute Gasteiger partial charge is 0.480 e. The Balaban J connectivity index is 5.54. The predicted molar refractivity (Wildman–Crippen MR) is 117 cm³/mol. The first-order valence-electron chi connectivity index (χ1n) is 10.1. The summed E-state index contributed by atoms with van der Waals surface area (Å²) in [6.45, 7) is 2.58. The van der Waals surface area contributed by atoms with Gasteiger partial charge in [0.15, 0.2) is 5.96 Å².